The number of anilines is 1. The average Bonchev–Trinajstić information content (AvgIpc) is 2.66. The first kappa shape index (κ1) is 19.5. The lowest BCUT2D eigenvalue weighted by Crippen LogP contribution is -2.35. The number of ether oxygens (including phenoxy) is 1. The lowest BCUT2D eigenvalue weighted by atomic mass is 10.1. The molecule has 26 heavy (non-hydrogen) atoms. The molecule has 2 amide bonds. The molecule has 0 aromatic heterocycles. The van der Waals surface area contributed by atoms with Gasteiger partial charge in [-0.3, -0.25) is 9.59 Å². The van der Waals surface area contributed by atoms with Crippen LogP contribution in [0.2, 0.25) is 0 Å². The van der Waals surface area contributed by atoms with E-state index in [-0.39, 0.29) is 18.4 Å². The summed E-state index contributed by atoms with van der Waals surface area (Å²) in [7, 11) is 3.27. The highest BCUT2D eigenvalue weighted by Gasteiger charge is 2.14. The first-order valence-corrected chi connectivity index (χ1v) is 8.78. The van der Waals surface area contributed by atoms with E-state index in [1.807, 2.05) is 55.5 Å². The van der Waals surface area contributed by atoms with Crippen molar-refractivity contribution in [1.29, 1.82) is 0 Å². The minimum absolute atomic E-state index is 0.0367. The van der Waals surface area contributed by atoms with Gasteiger partial charge >= 0.3 is 0 Å². The van der Waals surface area contributed by atoms with Gasteiger partial charge in [-0.1, -0.05) is 37.3 Å². The molecule has 1 N–H and O–H groups in total. The minimum atomic E-state index is -0.192. The van der Waals surface area contributed by atoms with Crippen molar-refractivity contribution < 1.29 is 14.3 Å². The van der Waals surface area contributed by atoms with Crippen molar-refractivity contribution in [2.45, 2.75) is 26.2 Å². The van der Waals surface area contributed by atoms with Crippen LogP contribution < -0.4 is 10.1 Å². The van der Waals surface area contributed by atoms with E-state index in [1.165, 1.54) is 4.90 Å². The van der Waals surface area contributed by atoms with Crippen LogP contribution in [0.5, 0.6) is 5.75 Å². The van der Waals surface area contributed by atoms with Crippen molar-refractivity contribution in [2.24, 2.45) is 0 Å². The zero-order valence-electron chi connectivity index (χ0n) is 15.6. The summed E-state index contributed by atoms with van der Waals surface area (Å²) in [5.41, 5.74) is 2.91. The highest BCUT2D eigenvalue weighted by molar-refractivity contribution is 5.95. The molecule has 138 valence electrons. The van der Waals surface area contributed by atoms with Gasteiger partial charge in [-0.25, -0.2) is 0 Å². The molecule has 0 spiro atoms. The molecule has 5 heteroatoms. The summed E-state index contributed by atoms with van der Waals surface area (Å²) in [5.74, 6) is 0.521. The Kier molecular flexibility index (Phi) is 7.21. The molecule has 5 nitrogen and oxygen atoms in total. The minimum Gasteiger partial charge on any atom is -0.497 e. The molecule has 0 bridgehead atoms. The van der Waals surface area contributed by atoms with E-state index in [9.17, 15) is 9.59 Å². The number of hydrogen-bond acceptors (Lipinski definition) is 3. The van der Waals surface area contributed by atoms with Gasteiger partial charge in [-0.15, -0.1) is 0 Å². The van der Waals surface area contributed by atoms with E-state index < -0.39 is 0 Å². The van der Waals surface area contributed by atoms with E-state index >= 15 is 0 Å². The standard InChI is InChI=1S/C21H26N2O3/c1-4-17-9-5-6-11-19(17)22-20(24)15-23(2)21(25)13-12-16-8-7-10-18(14-16)26-3/h5-11,14H,4,12-13,15H2,1-3H3,(H,22,24). The monoisotopic (exact) mass is 354 g/mol. The maximum Gasteiger partial charge on any atom is 0.243 e. The van der Waals surface area contributed by atoms with Gasteiger partial charge in [-0.2, -0.15) is 0 Å². The third kappa shape index (κ3) is 5.62. The SMILES string of the molecule is CCc1ccccc1NC(=O)CN(C)C(=O)CCc1cccc(OC)c1. The number of rotatable bonds is 8. The fraction of sp³-hybridized carbons (Fsp3) is 0.333. The van der Waals surface area contributed by atoms with Crippen LogP contribution in [0.4, 0.5) is 5.69 Å². The molecule has 0 aliphatic rings. The molecule has 0 saturated carbocycles. The summed E-state index contributed by atoms with van der Waals surface area (Å²) in [4.78, 5) is 26.0. The number of carbonyl (C=O) groups excluding carboxylic acids is 2. The molecular formula is C21H26N2O3. The Morgan fingerprint density at radius 3 is 2.62 bits per heavy atom. The van der Waals surface area contributed by atoms with Gasteiger partial charge in [0.25, 0.3) is 0 Å². The molecule has 0 fully saturated rings. The first-order chi connectivity index (χ1) is 12.5. The van der Waals surface area contributed by atoms with Crippen LogP contribution in [0.15, 0.2) is 48.5 Å². The number of carbonyl (C=O) groups is 2. The van der Waals surface area contributed by atoms with Gasteiger partial charge < -0.3 is 15.0 Å². The molecular weight excluding hydrogens is 328 g/mol. The normalized spacial score (nSPS) is 10.3. The number of para-hydroxylation sites is 1. The Hall–Kier alpha value is -2.82. The Bertz CT molecular complexity index is 758. The Balaban J connectivity index is 1.85. The van der Waals surface area contributed by atoms with E-state index in [0.717, 1.165) is 29.0 Å². The predicted octanol–water partition coefficient (Wildman–Crippen LogP) is 3.29. The van der Waals surface area contributed by atoms with E-state index in [0.29, 0.717) is 12.8 Å². The third-order valence-electron chi connectivity index (χ3n) is 4.24. The summed E-state index contributed by atoms with van der Waals surface area (Å²) in [6, 6.07) is 15.4. The molecule has 0 atom stereocenters. The highest BCUT2D eigenvalue weighted by atomic mass is 16.5. The van der Waals surface area contributed by atoms with Crippen LogP contribution in [0.3, 0.4) is 0 Å². The second kappa shape index (κ2) is 9.61. The third-order valence-corrected chi connectivity index (χ3v) is 4.24. The van der Waals surface area contributed by atoms with E-state index in [1.54, 1.807) is 14.2 Å². The molecule has 2 aromatic rings. The average molecular weight is 354 g/mol. The number of likely N-dealkylation sites (N-methyl/N-ethyl adjacent to an activating group) is 1. The van der Waals surface area contributed by atoms with Crippen LogP contribution in [-0.2, 0) is 22.4 Å². The van der Waals surface area contributed by atoms with Crippen LogP contribution in [0.1, 0.15) is 24.5 Å². The smallest absolute Gasteiger partial charge is 0.243 e. The van der Waals surface area contributed by atoms with Crippen molar-refractivity contribution in [3.05, 3.63) is 59.7 Å². The maximum atomic E-state index is 12.3. The predicted molar refractivity (Wildman–Crippen MR) is 103 cm³/mol. The number of hydrogen-bond donors (Lipinski definition) is 1. The lowest BCUT2D eigenvalue weighted by Gasteiger charge is -2.17. The molecule has 0 radical (unpaired) electrons. The van der Waals surface area contributed by atoms with Crippen LogP contribution in [-0.4, -0.2) is 37.4 Å². The fourth-order valence-corrected chi connectivity index (χ4v) is 2.71. The zero-order chi connectivity index (χ0) is 18.9. The van der Waals surface area contributed by atoms with Crippen LogP contribution >= 0.6 is 0 Å². The lowest BCUT2D eigenvalue weighted by molar-refractivity contribution is -0.133. The summed E-state index contributed by atoms with van der Waals surface area (Å²) in [6.45, 7) is 2.08. The zero-order valence-corrected chi connectivity index (χ0v) is 15.6. The maximum absolute atomic E-state index is 12.3. The van der Waals surface area contributed by atoms with Crippen molar-refractivity contribution in [3.8, 4) is 5.75 Å². The summed E-state index contributed by atoms with van der Waals surface area (Å²) in [5, 5.41) is 2.89. The van der Waals surface area contributed by atoms with Crippen molar-refractivity contribution in [1.82, 2.24) is 4.90 Å². The molecule has 2 aromatic carbocycles. The quantitative estimate of drug-likeness (QED) is 0.791. The van der Waals surface area contributed by atoms with Gasteiger partial charge in [0.1, 0.15) is 5.75 Å². The Labute approximate surface area is 155 Å². The molecule has 0 aliphatic carbocycles. The highest BCUT2D eigenvalue weighted by Crippen LogP contribution is 2.16. The number of amides is 2. The number of nitrogens with one attached hydrogen (secondary N) is 1. The second-order valence-electron chi connectivity index (χ2n) is 6.16. The van der Waals surface area contributed by atoms with Gasteiger partial charge in [0.05, 0.1) is 13.7 Å². The summed E-state index contributed by atoms with van der Waals surface area (Å²) in [6.07, 6.45) is 1.80. The van der Waals surface area contributed by atoms with Gasteiger partial charge in [0, 0.05) is 19.2 Å². The Morgan fingerprint density at radius 2 is 1.88 bits per heavy atom. The van der Waals surface area contributed by atoms with Gasteiger partial charge in [-0.05, 0) is 42.2 Å². The molecule has 0 saturated heterocycles. The number of methoxy groups -OCH3 is 1. The van der Waals surface area contributed by atoms with Gasteiger partial charge in [0.15, 0.2) is 0 Å². The summed E-state index contributed by atoms with van der Waals surface area (Å²) >= 11 is 0. The number of benzene rings is 2. The fourth-order valence-electron chi connectivity index (χ4n) is 2.71. The molecule has 0 aliphatic heterocycles. The largest absolute Gasteiger partial charge is 0.497 e. The molecule has 0 unspecified atom stereocenters. The van der Waals surface area contributed by atoms with Gasteiger partial charge in [0.2, 0.25) is 11.8 Å². The van der Waals surface area contributed by atoms with E-state index in [2.05, 4.69) is 5.32 Å². The first-order valence-electron chi connectivity index (χ1n) is 8.78. The summed E-state index contributed by atoms with van der Waals surface area (Å²) < 4.78 is 5.19. The molecule has 2 rings (SSSR count). The van der Waals surface area contributed by atoms with Crippen LogP contribution in [0, 0.1) is 0 Å². The van der Waals surface area contributed by atoms with Crippen LogP contribution in [0.25, 0.3) is 0 Å². The van der Waals surface area contributed by atoms with Crippen molar-refractivity contribution in [2.75, 3.05) is 26.0 Å². The molecule has 0 heterocycles. The number of nitrogens with zero attached hydrogens (tertiary/aromatic N) is 1. The Morgan fingerprint density at radius 1 is 1.12 bits per heavy atom. The van der Waals surface area contributed by atoms with Crippen molar-refractivity contribution >= 4 is 17.5 Å². The van der Waals surface area contributed by atoms with Crippen molar-refractivity contribution in [3.63, 3.8) is 0 Å². The van der Waals surface area contributed by atoms with E-state index in [4.69, 9.17) is 4.74 Å². The second-order valence-corrected chi connectivity index (χ2v) is 6.16. The topological polar surface area (TPSA) is 58.6 Å². The number of aryl methyl sites for hydroxylation is 2.